The second-order valence-electron chi connectivity index (χ2n) is 5.47. The van der Waals surface area contributed by atoms with Crippen LogP contribution in [-0.4, -0.2) is 40.1 Å². The molecule has 1 aliphatic carbocycles. The topological polar surface area (TPSA) is 68.5 Å². The van der Waals surface area contributed by atoms with Crippen molar-refractivity contribution in [1.29, 1.82) is 0 Å². The van der Waals surface area contributed by atoms with Gasteiger partial charge in [0.25, 0.3) is 11.1 Å². The molecule has 110 valence electrons. The first-order valence-corrected chi connectivity index (χ1v) is 7.99. The van der Waals surface area contributed by atoms with Crippen molar-refractivity contribution >= 4 is 17.2 Å². The van der Waals surface area contributed by atoms with Gasteiger partial charge in [-0.1, -0.05) is 16.5 Å². The van der Waals surface area contributed by atoms with E-state index in [0.717, 1.165) is 25.0 Å². The first kappa shape index (κ1) is 12.8. The molecule has 1 amide bonds. The van der Waals surface area contributed by atoms with Gasteiger partial charge in [-0.25, -0.2) is 4.98 Å². The standard InChI is InChI=1S/C14H15N3O3S/c18-13(11-7-12(20-16-11)9-1-2-9)17-5-3-10(8-17)19-14-15-4-6-21-14/h4,6-7,9-10H,1-3,5,8H2. The fourth-order valence-electron chi connectivity index (χ4n) is 2.53. The fourth-order valence-corrected chi connectivity index (χ4v) is 3.08. The number of nitrogens with zero attached hydrogens (tertiary/aromatic N) is 3. The van der Waals surface area contributed by atoms with E-state index in [1.165, 1.54) is 11.3 Å². The maximum atomic E-state index is 12.4. The van der Waals surface area contributed by atoms with E-state index in [4.69, 9.17) is 9.26 Å². The van der Waals surface area contributed by atoms with Crippen LogP contribution in [-0.2, 0) is 0 Å². The van der Waals surface area contributed by atoms with Crippen molar-refractivity contribution in [3.8, 4) is 5.19 Å². The lowest BCUT2D eigenvalue weighted by atomic mass is 10.2. The molecule has 2 aliphatic rings. The Hall–Kier alpha value is -1.89. The highest BCUT2D eigenvalue weighted by Crippen LogP contribution is 2.40. The molecule has 6 nitrogen and oxygen atoms in total. The molecule has 1 aliphatic heterocycles. The number of rotatable bonds is 4. The Morgan fingerprint density at radius 3 is 3.10 bits per heavy atom. The van der Waals surface area contributed by atoms with Crippen LogP contribution in [0.25, 0.3) is 0 Å². The molecule has 0 radical (unpaired) electrons. The van der Waals surface area contributed by atoms with Gasteiger partial charge in [-0.2, -0.15) is 0 Å². The van der Waals surface area contributed by atoms with Crippen LogP contribution in [0.5, 0.6) is 5.19 Å². The van der Waals surface area contributed by atoms with Crippen LogP contribution < -0.4 is 4.74 Å². The summed E-state index contributed by atoms with van der Waals surface area (Å²) in [6.45, 7) is 1.25. The number of aromatic nitrogens is 2. The molecule has 3 heterocycles. The number of ether oxygens (including phenoxy) is 1. The van der Waals surface area contributed by atoms with E-state index in [1.807, 2.05) is 5.38 Å². The van der Waals surface area contributed by atoms with E-state index in [9.17, 15) is 4.79 Å². The second kappa shape index (κ2) is 5.14. The Labute approximate surface area is 125 Å². The van der Waals surface area contributed by atoms with Crippen LogP contribution in [0.4, 0.5) is 0 Å². The van der Waals surface area contributed by atoms with Gasteiger partial charge in [-0.15, -0.1) is 0 Å². The summed E-state index contributed by atoms with van der Waals surface area (Å²) in [5, 5.41) is 6.44. The quantitative estimate of drug-likeness (QED) is 0.867. The smallest absolute Gasteiger partial charge is 0.276 e. The van der Waals surface area contributed by atoms with E-state index >= 15 is 0 Å². The number of likely N-dealkylation sites (tertiary alicyclic amines) is 1. The van der Waals surface area contributed by atoms with Crippen LogP contribution in [0, 0.1) is 0 Å². The van der Waals surface area contributed by atoms with E-state index in [-0.39, 0.29) is 12.0 Å². The Morgan fingerprint density at radius 1 is 1.43 bits per heavy atom. The van der Waals surface area contributed by atoms with Crippen molar-refractivity contribution in [3.05, 3.63) is 29.1 Å². The molecule has 1 unspecified atom stereocenters. The Morgan fingerprint density at radius 2 is 2.33 bits per heavy atom. The molecule has 4 rings (SSSR count). The first-order valence-electron chi connectivity index (χ1n) is 7.11. The summed E-state index contributed by atoms with van der Waals surface area (Å²) in [5.74, 6) is 1.24. The summed E-state index contributed by atoms with van der Waals surface area (Å²) in [4.78, 5) is 18.3. The molecule has 1 atom stereocenters. The van der Waals surface area contributed by atoms with Crippen LogP contribution in [0.2, 0.25) is 0 Å². The minimum absolute atomic E-state index is 0.00917. The van der Waals surface area contributed by atoms with Crippen molar-refractivity contribution in [2.24, 2.45) is 0 Å². The SMILES string of the molecule is O=C(c1cc(C2CC2)on1)N1CCC(Oc2nccs2)C1. The first-order chi connectivity index (χ1) is 10.3. The van der Waals surface area contributed by atoms with Gasteiger partial charge in [0.2, 0.25) is 0 Å². The minimum Gasteiger partial charge on any atom is -0.465 e. The number of hydrogen-bond donors (Lipinski definition) is 0. The van der Waals surface area contributed by atoms with Crippen molar-refractivity contribution in [1.82, 2.24) is 15.0 Å². The Balaban J connectivity index is 1.38. The molecule has 0 N–H and O–H groups in total. The summed E-state index contributed by atoms with van der Waals surface area (Å²) in [6.07, 6.45) is 4.81. The van der Waals surface area contributed by atoms with Gasteiger partial charge in [0.15, 0.2) is 5.69 Å². The molecule has 1 saturated carbocycles. The molecular formula is C14H15N3O3S. The fraction of sp³-hybridized carbons (Fsp3) is 0.500. The van der Waals surface area contributed by atoms with Crippen molar-refractivity contribution < 1.29 is 14.1 Å². The third-order valence-corrected chi connectivity index (χ3v) is 4.50. The summed E-state index contributed by atoms with van der Waals surface area (Å²) < 4.78 is 11.0. The van der Waals surface area contributed by atoms with Crippen molar-refractivity contribution in [2.45, 2.75) is 31.3 Å². The lowest BCUT2D eigenvalue weighted by Crippen LogP contribution is -2.31. The molecule has 0 aromatic carbocycles. The van der Waals surface area contributed by atoms with Gasteiger partial charge in [-0.05, 0) is 12.8 Å². The average Bonchev–Trinajstić information content (AvgIpc) is 2.96. The van der Waals surface area contributed by atoms with Crippen LogP contribution in [0.15, 0.2) is 22.2 Å². The van der Waals surface area contributed by atoms with E-state index in [0.29, 0.717) is 29.9 Å². The summed E-state index contributed by atoms with van der Waals surface area (Å²) in [5.41, 5.74) is 0.409. The number of thiazole rings is 1. The Bertz CT molecular complexity index is 636. The molecule has 21 heavy (non-hydrogen) atoms. The maximum absolute atomic E-state index is 12.4. The number of hydrogen-bond acceptors (Lipinski definition) is 6. The molecular weight excluding hydrogens is 290 g/mol. The lowest BCUT2D eigenvalue weighted by molar-refractivity contribution is 0.0762. The highest BCUT2D eigenvalue weighted by molar-refractivity contribution is 7.11. The zero-order chi connectivity index (χ0) is 14.2. The largest absolute Gasteiger partial charge is 0.465 e. The molecule has 2 aromatic heterocycles. The van der Waals surface area contributed by atoms with E-state index in [1.54, 1.807) is 17.2 Å². The van der Waals surface area contributed by atoms with Crippen LogP contribution >= 0.6 is 11.3 Å². The maximum Gasteiger partial charge on any atom is 0.276 e. The van der Waals surface area contributed by atoms with Crippen LogP contribution in [0.3, 0.4) is 0 Å². The number of carbonyl (C=O) groups excluding carboxylic acids is 1. The molecule has 2 fully saturated rings. The van der Waals surface area contributed by atoms with Gasteiger partial charge in [0, 0.05) is 36.5 Å². The predicted molar refractivity (Wildman–Crippen MR) is 75.5 cm³/mol. The van der Waals surface area contributed by atoms with Gasteiger partial charge in [0.05, 0.1) is 6.54 Å². The predicted octanol–water partition coefficient (Wildman–Crippen LogP) is 2.30. The lowest BCUT2D eigenvalue weighted by Gasteiger charge is -2.14. The highest BCUT2D eigenvalue weighted by atomic mass is 32.1. The average molecular weight is 305 g/mol. The third kappa shape index (κ3) is 2.65. The normalized spacial score (nSPS) is 21.7. The number of amides is 1. The van der Waals surface area contributed by atoms with Gasteiger partial charge in [-0.3, -0.25) is 4.79 Å². The highest BCUT2D eigenvalue weighted by Gasteiger charge is 2.33. The van der Waals surface area contributed by atoms with Crippen molar-refractivity contribution in [3.63, 3.8) is 0 Å². The molecule has 2 aromatic rings. The van der Waals surface area contributed by atoms with Gasteiger partial charge in [0.1, 0.15) is 11.9 Å². The summed E-state index contributed by atoms with van der Waals surface area (Å²) >= 11 is 1.47. The zero-order valence-electron chi connectivity index (χ0n) is 11.4. The third-order valence-electron chi connectivity index (χ3n) is 3.84. The van der Waals surface area contributed by atoms with E-state index in [2.05, 4.69) is 10.1 Å². The molecule has 1 saturated heterocycles. The minimum atomic E-state index is -0.0733. The second-order valence-corrected chi connectivity index (χ2v) is 6.32. The molecule has 0 spiro atoms. The number of carbonyl (C=O) groups is 1. The Kier molecular flexibility index (Phi) is 3.14. The summed E-state index contributed by atoms with van der Waals surface area (Å²) in [7, 11) is 0. The van der Waals surface area contributed by atoms with E-state index < -0.39 is 0 Å². The van der Waals surface area contributed by atoms with Gasteiger partial charge >= 0.3 is 0 Å². The zero-order valence-corrected chi connectivity index (χ0v) is 12.2. The van der Waals surface area contributed by atoms with Crippen molar-refractivity contribution in [2.75, 3.05) is 13.1 Å². The van der Waals surface area contributed by atoms with Crippen LogP contribution in [0.1, 0.15) is 41.4 Å². The summed E-state index contributed by atoms with van der Waals surface area (Å²) in [6, 6.07) is 1.79. The molecule has 0 bridgehead atoms. The molecule has 7 heteroatoms. The monoisotopic (exact) mass is 305 g/mol. The van der Waals surface area contributed by atoms with Gasteiger partial charge < -0.3 is 14.2 Å².